The maximum absolute atomic E-state index is 13.4. The predicted molar refractivity (Wildman–Crippen MR) is 223 cm³/mol. The summed E-state index contributed by atoms with van der Waals surface area (Å²) in [5, 5.41) is 29.5. The van der Waals surface area contributed by atoms with Gasteiger partial charge in [0.2, 0.25) is 0 Å². The number of imidazole rings is 1. The second-order valence-electron chi connectivity index (χ2n) is 21.4. The molecule has 0 saturated heterocycles. The summed E-state index contributed by atoms with van der Waals surface area (Å²) < 4.78 is 28.9. The fraction of sp³-hybridized carbons (Fsp3) is 0.735. The van der Waals surface area contributed by atoms with E-state index in [4.69, 9.17) is 0 Å². The van der Waals surface area contributed by atoms with Gasteiger partial charge in [0.05, 0.1) is 30.9 Å². The minimum atomic E-state index is -2.65. The quantitative estimate of drug-likeness (QED) is 0.273. The largest absolute Gasteiger partial charge is 0.390 e. The lowest BCUT2D eigenvalue weighted by atomic mass is 9.51. The van der Waals surface area contributed by atoms with Crippen molar-refractivity contribution in [2.75, 3.05) is 0 Å². The van der Waals surface area contributed by atoms with Gasteiger partial charge in [0.1, 0.15) is 5.60 Å². The Kier molecular flexibility index (Phi) is 10.6. The molecule has 6 fully saturated rings. The molecule has 0 amide bonds. The molecule has 2 heterocycles. The van der Waals surface area contributed by atoms with E-state index in [1.165, 1.54) is 75.4 Å². The van der Waals surface area contributed by atoms with Crippen LogP contribution in [0.15, 0.2) is 78.7 Å². The number of fused-ring (bicyclic) bond motifs is 10. The summed E-state index contributed by atoms with van der Waals surface area (Å²) in [4.78, 5) is 5.95. The maximum atomic E-state index is 13.4. The molecule has 0 bridgehead atoms. The maximum Gasteiger partial charge on any atom is 0.267 e. The summed E-state index contributed by atoms with van der Waals surface area (Å²) in [7, 11) is 0. The molecule has 7 nitrogen and oxygen atoms in total. The van der Waals surface area contributed by atoms with E-state index in [1.54, 1.807) is 22.8 Å². The van der Waals surface area contributed by atoms with Crippen LogP contribution in [0, 0.1) is 70.0 Å². The standard InChI is InChI=1S/C25H34F2N2O.C24H35N3O/c1-16(14-29-12-11-28-15-29)21-5-6-22-20-4-3-17-13-25(30,23(26)27)10-8-18(17)19(20)7-9-24(21,22)2;1-16(15-27-25-12-13-26-27)21-6-7-22-20-5-4-17-14-23(2,28)10-8-18(17)19(20)9-11-24(21,22)3/h3,11-12,15,18-23,30H,1,4-10,13-14H2,2H3;4,12-13,18-22,28H,1,5-11,14-15H2,2-3H3/t18-,19+,20+,21+,22-,24+,25+;18-,19+,20+,21+,22-,23+,24+/m00/s1. The summed E-state index contributed by atoms with van der Waals surface area (Å²) in [6, 6.07) is 0. The molecule has 0 spiro atoms. The minimum absolute atomic E-state index is 0.171. The zero-order valence-electron chi connectivity index (χ0n) is 35.4. The Morgan fingerprint density at radius 2 is 1.26 bits per heavy atom. The van der Waals surface area contributed by atoms with Crippen molar-refractivity contribution in [1.29, 1.82) is 0 Å². The first kappa shape index (κ1) is 40.5. The molecule has 6 saturated carbocycles. The monoisotopic (exact) mass is 798 g/mol. The topological polar surface area (TPSA) is 89.0 Å². The van der Waals surface area contributed by atoms with E-state index in [9.17, 15) is 19.0 Å². The lowest BCUT2D eigenvalue weighted by Gasteiger charge is -2.54. The molecule has 8 aliphatic rings. The second kappa shape index (κ2) is 15.2. The normalized spacial score (nSPS) is 43.9. The van der Waals surface area contributed by atoms with Crippen LogP contribution >= 0.6 is 0 Å². The highest BCUT2D eigenvalue weighted by Crippen LogP contribution is 2.66. The lowest BCUT2D eigenvalue weighted by molar-refractivity contribution is -0.119. The molecule has 8 aliphatic carbocycles. The van der Waals surface area contributed by atoms with Crippen molar-refractivity contribution in [2.24, 2.45) is 70.0 Å². The molecule has 0 radical (unpaired) electrons. The minimum Gasteiger partial charge on any atom is -0.390 e. The number of nitrogens with zero attached hydrogens (tertiary/aromatic N) is 5. The fourth-order valence-corrected chi connectivity index (χ4v) is 15.7. The summed E-state index contributed by atoms with van der Waals surface area (Å²) >= 11 is 0. The first-order valence-corrected chi connectivity index (χ1v) is 22.9. The Labute approximate surface area is 345 Å². The van der Waals surface area contributed by atoms with Gasteiger partial charge in [-0.3, -0.25) is 0 Å². The Balaban J connectivity index is 0.000000151. The van der Waals surface area contributed by atoms with E-state index in [-0.39, 0.29) is 12.8 Å². The molecule has 10 rings (SSSR count). The number of hydrogen-bond donors (Lipinski definition) is 2. The predicted octanol–water partition coefficient (Wildman–Crippen LogP) is 10.4. The van der Waals surface area contributed by atoms with Crippen LogP contribution in [-0.4, -0.2) is 52.4 Å². The van der Waals surface area contributed by atoms with Crippen LogP contribution in [0.4, 0.5) is 8.78 Å². The zero-order valence-corrected chi connectivity index (χ0v) is 35.4. The Morgan fingerprint density at radius 3 is 1.81 bits per heavy atom. The van der Waals surface area contributed by atoms with Crippen molar-refractivity contribution in [1.82, 2.24) is 24.5 Å². The summed E-state index contributed by atoms with van der Waals surface area (Å²) in [5.41, 5.74) is 3.73. The molecule has 0 unspecified atom stereocenters. The van der Waals surface area contributed by atoms with Gasteiger partial charge < -0.3 is 14.8 Å². The van der Waals surface area contributed by atoms with Crippen LogP contribution in [0.2, 0.25) is 0 Å². The SMILES string of the molecule is C=C(Cn1ccnc1)[C@H]1CC[C@H]2[C@@H]3CC=C4C[C@@](O)(C(F)F)CC[C@@H]4[C@H]3CC[C@]12C.C=C(Cn1nccn1)[C@H]1CC[C@H]2[C@@H]3CC=C4C[C@](C)(O)CC[C@@H]4[C@H]3CC[C@]12C. The third-order valence-electron chi connectivity index (χ3n) is 18.4. The number of hydrogen-bond acceptors (Lipinski definition) is 5. The van der Waals surface area contributed by atoms with Crippen molar-refractivity contribution >= 4 is 0 Å². The van der Waals surface area contributed by atoms with Crippen LogP contribution in [0.5, 0.6) is 0 Å². The van der Waals surface area contributed by atoms with Gasteiger partial charge in [-0.15, -0.1) is 0 Å². The first-order chi connectivity index (χ1) is 27.7. The number of halogens is 2. The highest BCUT2D eigenvalue weighted by atomic mass is 19.3. The van der Waals surface area contributed by atoms with Gasteiger partial charge in [-0.25, -0.2) is 13.8 Å². The molecular formula is C49H69F2N5O2. The number of allylic oxidation sites excluding steroid dienone is 4. The van der Waals surface area contributed by atoms with Crippen LogP contribution in [0.25, 0.3) is 0 Å². The van der Waals surface area contributed by atoms with Crippen molar-refractivity contribution in [3.05, 3.63) is 78.7 Å². The molecule has 2 N–H and O–H groups in total. The highest BCUT2D eigenvalue weighted by Gasteiger charge is 2.59. The molecule has 14 atom stereocenters. The fourth-order valence-electron chi connectivity index (χ4n) is 15.7. The van der Waals surface area contributed by atoms with Crippen molar-refractivity contribution < 1.29 is 19.0 Å². The van der Waals surface area contributed by atoms with E-state index in [2.05, 4.69) is 58.9 Å². The number of rotatable bonds is 7. The van der Waals surface area contributed by atoms with Gasteiger partial charge in [0.15, 0.2) is 0 Å². The summed E-state index contributed by atoms with van der Waals surface area (Å²) in [6.45, 7) is 17.7. The average molecular weight is 798 g/mol. The molecule has 2 aromatic heterocycles. The van der Waals surface area contributed by atoms with Gasteiger partial charge in [-0.2, -0.15) is 15.0 Å². The summed E-state index contributed by atoms with van der Waals surface area (Å²) in [6.07, 6.45) is 27.9. The number of aromatic nitrogens is 5. The van der Waals surface area contributed by atoms with Crippen LogP contribution in [-0.2, 0) is 13.1 Å². The lowest BCUT2D eigenvalue weighted by Crippen LogP contribution is -2.49. The van der Waals surface area contributed by atoms with Crippen molar-refractivity contribution in [3.8, 4) is 0 Å². The first-order valence-electron chi connectivity index (χ1n) is 22.9. The van der Waals surface area contributed by atoms with E-state index >= 15 is 0 Å². The molecule has 316 valence electrons. The highest BCUT2D eigenvalue weighted by molar-refractivity contribution is 5.25. The van der Waals surface area contributed by atoms with Crippen molar-refractivity contribution in [3.63, 3.8) is 0 Å². The Hall–Kier alpha value is -2.91. The van der Waals surface area contributed by atoms with Gasteiger partial charge >= 0.3 is 0 Å². The average Bonchev–Trinajstić information content (AvgIpc) is 4.01. The molecule has 0 aliphatic heterocycles. The Bertz CT molecular complexity index is 1890. The van der Waals surface area contributed by atoms with Gasteiger partial charge in [-0.1, -0.05) is 61.4 Å². The van der Waals surface area contributed by atoms with Gasteiger partial charge in [0.25, 0.3) is 6.43 Å². The molecule has 0 aromatic carbocycles. The smallest absolute Gasteiger partial charge is 0.267 e. The number of alkyl halides is 2. The van der Waals surface area contributed by atoms with Crippen molar-refractivity contribution in [2.45, 2.75) is 154 Å². The summed E-state index contributed by atoms with van der Waals surface area (Å²) in [5.74, 6) is 6.72. The second-order valence-corrected chi connectivity index (χ2v) is 21.4. The van der Waals surface area contributed by atoms with Crippen LogP contribution in [0.1, 0.15) is 124 Å². The van der Waals surface area contributed by atoms with E-state index in [0.29, 0.717) is 52.8 Å². The molecular weight excluding hydrogens is 729 g/mol. The van der Waals surface area contributed by atoms with Crippen LogP contribution < -0.4 is 0 Å². The van der Waals surface area contributed by atoms with Crippen LogP contribution in [0.3, 0.4) is 0 Å². The third-order valence-corrected chi connectivity index (χ3v) is 18.4. The molecule has 2 aromatic rings. The third kappa shape index (κ3) is 7.04. The molecule has 58 heavy (non-hydrogen) atoms. The van der Waals surface area contributed by atoms with Gasteiger partial charge in [0, 0.05) is 25.4 Å². The van der Waals surface area contributed by atoms with Gasteiger partial charge in [-0.05, 0) is 173 Å². The van der Waals surface area contributed by atoms with E-state index in [0.717, 1.165) is 61.6 Å². The zero-order chi connectivity index (χ0) is 40.6. The van der Waals surface area contributed by atoms with E-state index < -0.39 is 17.6 Å². The van der Waals surface area contributed by atoms with E-state index in [1.807, 2.05) is 25.6 Å². The Morgan fingerprint density at radius 1 is 0.707 bits per heavy atom. The number of aliphatic hydroxyl groups is 2. The molecule has 9 heteroatoms.